The predicted octanol–water partition coefficient (Wildman–Crippen LogP) is 3.55. The lowest BCUT2D eigenvalue weighted by atomic mass is 9.88. The van der Waals surface area contributed by atoms with Crippen LogP contribution in [0.4, 0.5) is 0 Å². The molecule has 0 amide bonds. The molecule has 2 heterocycles. The summed E-state index contributed by atoms with van der Waals surface area (Å²) in [6.45, 7) is 7.19. The fourth-order valence-corrected chi connectivity index (χ4v) is 4.08. The van der Waals surface area contributed by atoms with Gasteiger partial charge in [0.25, 0.3) is 0 Å². The summed E-state index contributed by atoms with van der Waals surface area (Å²) in [6, 6.07) is 0. The van der Waals surface area contributed by atoms with Crippen molar-refractivity contribution in [1.29, 1.82) is 0 Å². The summed E-state index contributed by atoms with van der Waals surface area (Å²) in [7, 11) is 0. The van der Waals surface area contributed by atoms with E-state index in [-0.39, 0.29) is 12.2 Å². The predicted molar refractivity (Wildman–Crippen MR) is 83.8 cm³/mol. The van der Waals surface area contributed by atoms with Gasteiger partial charge < -0.3 is 15.2 Å². The van der Waals surface area contributed by atoms with Crippen molar-refractivity contribution in [3.63, 3.8) is 0 Å². The maximum Gasteiger partial charge on any atom is 0.138 e. The topological polar surface area (TPSA) is 44.5 Å². The van der Waals surface area contributed by atoms with E-state index in [0.717, 1.165) is 35.2 Å². The third kappa shape index (κ3) is 2.13. The van der Waals surface area contributed by atoms with Gasteiger partial charge in [0.1, 0.15) is 23.7 Å². The Hall–Kier alpha value is -0.740. The second-order valence-electron chi connectivity index (χ2n) is 6.09. The lowest BCUT2D eigenvalue weighted by Gasteiger charge is -2.20. The van der Waals surface area contributed by atoms with Crippen LogP contribution in [0.3, 0.4) is 0 Å². The highest BCUT2D eigenvalue weighted by molar-refractivity contribution is 9.10. The van der Waals surface area contributed by atoms with E-state index in [9.17, 15) is 0 Å². The fourth-order valence-electron chi connectivity index (χ4n) is 3.41. The number of nitrogens with two attached hydrogens (primary N) is 1. The average molecular weight is 340 g/mol. The maximum absolute atomic E-state index is 6.12. The highest BCUT2D eigenvalue weighted by Gasteiger charge is 2.36. The summed E-state index contributed by atoms with van der Waals surface area (Å²) in [5, 5.41) is 0. The third-order valence-electron chi connectivity index (χ3n) is 4.30. The first kappa shape index (κ1) is 14.2. The summed E-state index contributed by atoms with van der Waals surface area (Å²) in [5.74, 6) is 2.53. The highest BCUT2D eigenvalue weighted by Crippen LogP contribution is 2.51. The molecule has 2 N–H and O–H groups in total. The summed E-state index contributed by atoms with van der Waals surface area (Å²) >= 11 is 3.73. The summed E-state index contributed by atoms with van der Waals surface area (Å²) < 4.78 is 13.3. The molecule has 2 aliphatic heterocycles. The van der Waals surface area contributed by atoms with E-state index in [1.807, 2.05) is 0 Å². The van der Waals surface area contributed by atoms with Gasteiger partial charge in [-0.2, -0.15) is 0 Å². The van der Waals surface area contributed by atoms with Crippen LogP contribution in [0.25, 0.3) is 0 Å². The lowest BCUT2D eigenvalue weighted by Crippen LogP contribution is -2.10. The second-order valence-corrected chi connectivity index (χ2v) is 6.88. The first-order chi connectivity index (χ1) is 9.52. The molecule has 0 aliphatic carbocycles. The van der Waals surface area contributed by atoms with E-state index in [2.05, 4.69) is 36.7 Å². The van der Waals surface area contributed by atoms with Crippen molar-refractivity contribution in [3.8, 4) is 11.5 Å². The molecule has 0 spiro atoms. The second kappa shape index (κ2) is 5.23. The normalized spacial score (nSPS) is 24.9. The smallest absolute Gasteiger partial charge is 0.138 e. The zero-order chi connectivity index (χ0) is 14.4. The van der Waals surface area contributed by atoms with Crippen molar-refractivity contribution in [3.05, 3.63) is 21.2 Å². The molecule has 3 unspecified atom stereocenters. The molecule has 3 rings (SSSR count). The third-order valence-corrected chi connectivity index (χ3v) is 5.13. The van der Waals surface area contributed by atoms with Crippen LogP contribution in [0.15, 0.2) is 4.47 Å². The summed E-state index contributed by atoms with van der Waals surface area (Å²) in [6.07, 6.45) is 3.37. The Morgan fingerprint density at radius 1 is 1.15 bits per heavy atom. The summed E-state index contributed by atoms with van der Waals surface area (Å²) in [4.78, 5) is 0. The van der Waals surface area contributed by atoms with Crippen LogP contribution in [-0.2, 0) is 12.8 Å². The Morgan fingerprint density at radius 3 is 2.40 bits per heavy atom. The van der Waals surface area contributed by atoms with Gasteiger partial charge in [-0.3, -0.25) is 0 Å². The van der Waals surface area contributed by atoms with Crippen LogP contribution in [0, 0.1) is 0 Å². The van der Waals surface area contributed by atoms with Gasteiger partial charge in [-0.05, 0) is 48.7 Å². The van der Waals surface area contributed by atoms with Gasteiger partial charge in [-0.25, -0.2) is 0 Å². The molecule has 3 atom stereocenters. The van der Waals surface area contributed by atoms with Crippen LogP contribution in [-0.4, -0.2) is 18.8 Å². The Balaban J connectivity index is 2.17. The number of fused-ring (bicyclic) bond motifs is 2. The Bertz CT molecular complexity index is 505. The Kier molecular flexibility index (Phi) is 3.71. The molecule has 2 aliphatic rings. The van der Waals surface area contributed by atoms with Crippen molar-refractivity contribution in [2.45, 2.75) is 58.2 Å². The van der Waals surface area contributed by atoms with Gasteiger partial charge in [0.15, 0.2) is 0 Å². The Morgan fingerprint density at radius 2 is 1.75 bits per heavy atom. The van der Waals surface area contributed by atoms with Crippen LogP contribution in [0.1, 0.15) is 49.8 Å². The first-order valence-corrected chi connectivity index (χ1v) is 8.22. The van der Waals surface area contributed by atoms with Gasteiger partial charge in [0.05, 0.1) is 4.47 Å². The van der Waals surface area contributed by atoms with Gasteiger partial charge in [0.2, 0.25) is 0 Å². The van der Waals surface area contributed by atoms with Crippen molar-refractivity contribution >= 4 is 15.9 Å². The van der Waals surface area contributed by atoms with E-state index in [0.29, 0.717) is 12.5 Å². The molecular formula is C16H22BrNO2. The monoisotopic (exact) mass is 339 g/mol. The number of rotatable bonds is 3. The molecule has 0 saturated carbocycles. The SMILES string of the molecule is CC1Cc2c(c(Br)c3c(c2C(C)CCN)OC(C)C3)O1. The average Bonchev–Trinajstić information content (AvgIpc) is 2.93. The van der Waals surface area contributed by atoms with Gasteiger partial charge >= 0.3 is 0 Å². The van der Waals surface area contributed by atoms with Gasteiger partial charge in [0, 0.05) is 29.5 Å². The zero-order valence-corrected chi connectivity index (χ0v) is 13.9. The van der Waals surface area contributed by atoms with E-state index in [1.54, 1.807) is 0 Å². The number of hydrogen-bond donors (Lipinski definition) is 1. The minimum absolute atomic E-state index is 0.241. The van der Waals surface area contributed by atoms with E-state index in [1.165, 1.54) is 16.7 Å². The number of halogens is 1. The van der Waals surface area contributed by atoms with Crippen LogP contribution in [0.2, 0.25) is 0 Å². The largest absolute Gasteiger partial charge is 0.490 e. The molecule has 3 nitrogen and oxygen atoms in total. The standard InChI is InChI=1S/C16H22BrNO2/c1-8(4-5-18)13-11-6-9(2)20-16(11)14(17)12-7-10(3)19-15(12)13/h8-10H,4-7,18H2,1-3H3. The minimum atomic E-state index is 0.241. The Labute approximate surface area is 129 Å². The minimum Gasteiger partial charge on any atom is -0.490 e. The molecule has 4 heteroatoms. The quantitative estimate of drug-likeness (QED) is 0.915. The number of benzene rings is 1. The molecule has 20 heavy (non-hydrogen) atoms. The molecule has 0 saturated heterocycles. The molecule has 0 bridgehead atoms. The van der Waals surface area contributed by atoms with Crippen LogP contribution >= 0.6 is 15.9 Å². The first-order valence-electron chi connectivity index (χ1n) is 7.43. The fraction of sp³-hybridized carbons (Fsp3) is 0.625. The van der Waals surface area contributed by atoms with Gasteiger partial charge in [-0.15, -0.1) is 0 Å². The molecular weight excluding hydrogens is 318 g/mol. The van der Waals surface area contributed by atoms with Crippen LogP contribution < -0.4 is 15.2 Å². The molecule has 0 fully saturated rings. The highest BCUT2D eigenvalue weighted by atomic mass is 79.9. The van der Waals surface area contributed by atoms with E-state index in [4.69, 9.17) is 15.2 Å². The summed E-state index contributed by atoms with van der Waals surface area (Å²) in [5.41, 5.74) is 9.68. The molecule has 1 aromatic carbocycles. The molecule has 0 radical (unpaired) electrons. The van der Waals surface area contributed by atoms with Crippen LogP contribution in [0.5, 0.6) is 11.5 Å². The molecule has 0 aromatic heterocycles. The maximum atomic E-state index is 6.12. The lowest BCUT2D eigenvalue weighted by molar-refractivity contribution is 0.250. The zero-order valence-electron chi connectivity index (χ0n) is 12.3. The van der Waals surface area contributed by atoms with Crippen molar-refractivity contribution in [2.24, 2.45) is 5.73 Å². The van der Waals surface area contributed by atoms with Crippen molar-refractivity contribution in [1.82, 2.24) is 0 Å². The number of ether oxygens (including phenoxy) is 2. The van der Waals surface area contributed by atoms with E-state index >= 15 is 0 Å². The molecule has 1 aromatic rings. The van der Waals surface area contributed by atoms with Gasteiger partial charge in [-0.1, -0.05) is 6.92 Å². The van der Waals surface area contributed by atoms with E-state index < -0.39 is 0 Å². The van der Waals surface area contributed by atoms with Crippen molar-refractivity contribution < 1.29 is 9.47 Å². The number of hydrogen-bond acceptors (Lipinski definition) is 3. The van der Waals surface area contributed by atoms with Crippen molar-refractivity contribution in [2.75, 3.05) is 6.54 Å². The molecule has 110 valence electrons.